The van der Waals surface area contributed by atoms with Crippen molar-refractivity contribution in [3.8, 4) is 45.5 Å². The van der Waals surface area contributed by atoms with Crippen molar-refractivity contribution in [3.05, 3.63) is 194 Å². The number of nitrogens with zero attached hydrogens (tertiary/aromatic N) is 4. The van der Waals surface area contributed by atoms with Gasteiger partial charge in [-0.05, 0) is 97.1 Å². The average molecular weight is 617 g/mol. The first kappa shape index (κ1) is 27.8. The fraction of sp³-hybridized carbons (Fsp3) is 0. The highest BCUT2D eigenvalue weighted by Gasteiger charge is 2.31. The van der Waals surface area contributed by atoms with Crippen molar-refractivity contribution < 1.29 is 9.13 Å². The predicted octanol–water partition coefficient (Wildman–Crippen LogP) is 9.46. The molecule has 0 aliphatic rings. The minimum atomic E-state index is 1.10. The third kappa shape index (κ3) is 4.54. The van der Waals surface area contributed by atoms with Gasteiger partial charge in [0.15, 0.2) is 22.1 Å². The Labute approximate surface area is 279 Å². The van der Waals surface area contributed by atoms with Gasteiger partial charge in [0, 0.05) is 0 Å². The van der Waals surface area contributed by atoms with Gasteiger partial charge in [0.1, 0.15) is 22.7 Å². The molecule has 9 aromatic rings. The Balaban J connectivity index is 1.32. The number of benzene rings is 7. The molecule has 0 N–H and O–H groups in total. The lowest BCUT2D eigenvalue weighted by atomic mass is 10.1. The predicted molar refractivity (Wildman–Crippen MR) is 194 cm³/mol. The maximum atomic E-state index is 2.38. The van der Waals surface area contributed by atoms with Crippen LogP contribution in [0.15, 0.2) is 194 Å². The van der Waals surface area contributed by atoms with Crippen LogP contribution in [-0.4, -0.2) is 9.13 Å². The van der Waals surface area contributed by atoms with Crippen molar-refractivity contribution in [3.63, 3.8) is 0 Å². The molecule has 0 aliphatic heterocycles. The molecule has 0 spiro atoms. The third-order valence-corrected chi connectivity index (χ3v) is 9.03. The quantitative estimate of drug-likeness (QED) is 0.166. The zero-order valence-electron chi connectivity index (χ0n) is 26.3. The zero-order chi connectivity index (χ0) is 31.9. The molecule has 0 amide bonds. The first-order valence-electron chi connectivity index (χ1n) is 16.3. The maximum absolute atomic E-state index is 2.38. The molecular weight excluding hydrogens is 585 g/mol. The van der Waals surface area contributed by atoms with E-state index in [2.05, 4.69) is 212 Å². The van der Waals surface area contributed by atoms with Crippen LogP contribution in [0.3, 0.4) is 0 Å². The molecule has 0 unspecified atom stereocenters. The lowest BCUT2D eigenvalue weighted by Crippen LogP contribution is -2.33. The second-order valence-electron chi connectivity index (χ2n) is 11.9. The van der Waals surface area contributed by atoms with E-state index in [1.165, 1.54) is 0 Å². The Morgan fingerprint density at radius 3 is 0.979 bits per heavy atom. The van der Waals surface area contributed by atoms with E-state index >= 15 is 0 Å². The van der Waals surface area contributed by atoms with Crippen molar-refractivity contribution >= 4 is 22.1 Å². The highest BCUT2D eigenvalue weighted by Crippen LogP contribution is 2.33. The number of hydrogen-bond donors (Lipinski definition) is 0. The lowest BCUT2D eigenvalue weighted by molar-refractivity contribution is -0.555. The standard InChI is InChI=1S/C44H32N4/c1-5-17-35(18-6-1)45-39-25-13-14-26-40(39)46(36-19-7-2-8-20-36)43(45)33-29-31-34(32-30-33)44-47(37-21-9-3-10-22-37)41-27-15-16-28-42(41)48(44)38-23-11-4-12-24-38/h1-32H/q+2. The number of imidazole rings is 2. The molecule has 2 heterocycles. The summed E-state index contributed by atoms with van der Waals surface area (Å²) in [5, 5.41) is 0. The second-order valence-corrected chi connectivity index (χ2v) is 11.9. The van der Waals surface area contributed by atoms with E-state index in [4.69, 9.17) is 0 Å². The van der Waals surface area contributed by atoms with Gasteiger partial charge in [-0.15, -0.1) is 0 Å². The number of rotatable bonds is 6. The fourth-order valence-electron chi connectivity index (χ4n) is 6.98. The summed E-state index contributed by atoms with van der Waals surface area (Å²) >= 11 is 0. The van der Waals surface area contributed by atoms with E-state index in [1.807, 2.05) is 0 Å². The van der Waals surface area contributed by atoms with Crippen LogP contribution >= 0.6 is 0 Å². The SMILES string of the molecule is c1ccc(-n2c(-c3ccc(-c4n(-c5ccccc5)c5ccccc5[n+]4-c4ccccc4)cc3)[n+](-c3ccccc3)c3ccccc32)cc1. The highest BCUT2D eigenvalue weighted by molar-refractivity contribution is 5.82. The summed E-state index contributed by atoms with van der Waals surface area (Å²) in [5.74, 6) is 2.19. The van der Waals surface area contributed by atoms with Gasteiger partial charge >= 0.3 is 0 Å². The van der Waals surface area contributed by atoms with Gasteiger partial charge in [0.2, 0.25) is 0 Å². The molecule has 0 saturated carbocycles. The molecule has 48 heavy (non-hydrogen) atoms. The topological polar surface area (TPSA) is 17.6 Å². The average Bonchev–Trinajstić information content (AvgIpc) is 3.70. The van der Waals surface area contributed by atoms with Crippen molar-refractivity contribution in [2.45, 2.75) is 0 Å². The molecule has 0 radical (unpaired) electrons. The molecule has 7 aromatic carbocycles. The smallest absolute Gasteiger partial charge is 0.188 e. The van der Waals surface area contributed by atoms with Crippen molar-refractivity contribution in [2.75, 3.05) is 0 Å². The Morgan fingerprint density at radius 1 is 0.292 bits per heavy atom. The molecule has 9 rings (SSSR count). The van der Waals surface area contributed by atoms with Crippen LogP contribution < -0.4 is 9.13 Å². The van der Waals surface area contributed by atoms with Crippen molar-refractivity contribution in [1.29, 1.82) is 0 Å². The van der Waals surface area contributed by atoms with E-state index in [-0.39, 0.29) is 0 Å². The van der Waals surface area contributed by atoms with Gasteiger partial charge < -0.3 is 0 Å². The van der Waals surface area contributed by atoms with Crippen LogP contribution in [0.4, 0.5) is 0 Å². The Hall–Kier alpha value is -6.52. The van der Waals surface area contributed by atoms with Gasteiger partial charge in [-0.2, -0.15) is 18.3 Å². The number of para-hydroxylation sites is 8. The fourth-order valence-corrected chi connectivity index (χ4v) is 6.98. The summed E-state index contributed by atoms with van der Waals surface area (Å²) in [5.41, 5.74) is 11.3. The van der Waals surface area contributed by atoms with E-state index < -0.39 is 0 Å². The summed E-state index contributed by atoms with van der Waals surface area (Å²) in [7, 11) is 0. The zero-order valence-corrected chi connectivity index (χ0v) is 26.3. The Bertz CT molecular complexity index is 2180. The summed E-state index contributed by atoms with van der Waals surface area (Å²) in [6.07, 6.45) is 0. The second kappa shape index (κ2) is 11.7. The van der Waals surface area contributed by atoms with E-state index in [1.54, 1.807) is 0 Å². The molecule has 4 nitrogen and oxygen atoms in total. The van der Waals surface area contributed by atoms with Crippen molar-refractivity contribution in [2.24, 2.45) is 0 Å². The molecule has 0 aliphatic carbocycles. The lowest BCUT2D eigenvalue weighted by Gasteiger charge is -2.08. The molecular formula is C44H32N4+2. The summed E-state index contributed by atoms with van der Waals surface area (Å²) in [6, 6.07) is 69.0. The molecule has 0 atom stereocenters. The van der Waals surface area contributed by atoms with Crippen LogP contribution in [0.25, 0.3) is 67.6 Å². The number of fused-ring (bicyclic) bond motifs is 2. The molecule has 0 saturated heterocycles. The minimum absolute atomic E-state index is 1.10. The Kier molecular flexibility index (Phi) is 6.76. The van der Waals surface area contributed by atoms with Crippen LogP contribution in [0.1, 0.15) is 0 Å². The molecule has 0 fully saturated rings. The van der Waals surface area contributed by atoms with Crippen LogP contribution in [0.5, 0.6) is 0 Å². The molecule has 2 aromatic heterocycles. The Morgan fingerprint density at radius 2 is 0.604 bits per heavy atom. The van der Waals surface area contributed by atoms with Crippen LogP contribution in [0, 0.1) is 0 Å². The summed E-state index contributed by atoms with van der Waals surface area (Å²) < 4.78 is 9.51. The van der Waals surface area contributed by atoms with Gasteiger partial charge in [0.25, 0.3) is 11.6 Å². The monoisotopic (exact) mass is 616 g/mol. The summed E-state index contributed by atoms with van der Waals surface area (Å²) in [4.78, 5) is 0. The van der Waals surface area contributed by atoms with Gasteiger partial charge in [0.05, 0.1) is 11.1 Å². The normalized spacial score (nSPS) is 11.3. The van der Waals surface area contributed by atoms with Crippen LogP contribution in [0.2, 0.25) is 0 Å². The highest BCUT2D eigenvalue weighted by atomic mass is 15.2. The molecule has 0 bridgehead atoms. The van der Waals surface area contributed by atoms with E-state index in [0.717, 1.165) is 67.6 Å². The third-order valence-electron chi connectivity index (χ3n) is 9.03. The summed E-state index contributed by atoms with van der Waals surface area (Å²) in [6.45, 7) is 0. The largest absolute Gasteiger partial charge is 0.300 e. The van der Waals surface area contributed by atoms with E-state index in [0.29, 0.717) is 0 Å². The van der Waals surface area contributed by atoms with E-state index in [9.17, 15) is 0 Å². The minimum Gasteiger partial charge on any atom is -0.188 e. The number of aromatic nitrogens is 4. The molecule has 4 heteroatoms. The first-order chi connectivity index (χ1) is 23.9. The molecule has 226 valence electrons. The number of hydrogen-bond acceptors (Lipinski definition) is 0. The van der Waals surface area contributed by atoms with Crippen molar-refractivity contribution in [1.82, 2.24) is 9.13 Å². The van der Waals surface area contributed by atoms with Gasteiger partial charge in [-0.3, -0.25) is 0 Å². The maximum Gasteiger partial charge on any atom is 0.300 e. The van der Waals surface area contributed by atoms with Gasteiger partial charge in [-0.1, -0.05) is 97.1 Å². The van der Waals surface area contributed by atoms with Gasteiger partial charge in [-0.25, -0.2) is 0 Å². The first-order valence-corrected chi connectivity index (χ1v) is 16.3. The van der Waals surface area contributed by atoms with Crippen LogP contribution in [-0.2, 0) is 0 Å².